The van der Waals surface area contributed by atoms with Crippen molar-refractivity contribution in [2.45, 2.75) is 109 Å². The van der Waals surface area contributed by atoms with Gasteiger partial charge < -0.3 is 21.3 Å². The first-order chi connectivity index (χ1) is 29.2. The standard InChI is InChI=1S/C50H62N4O6/c1-3-51-45(55)41-26-20-28-43(34-41)47(57)53-37-49-30-16-8-10-18-32-50(60-59-49,33-19-11-9-17-31-49)38-54-48(58)44-29-21-27-42(35-44)46(56)52-36-40-24-14-6-4-12-22-39(2)23-13-5-7-15-25-40/h4-7,12-15,20-29,34-35H,3,8-11,16-19,30-33,36-38H2,1-2H3,(H,51,55)(H,52,56)(H,53,57)(H,54,58). The highest BCUT2D eigenvalue weighted by Gasteiger charge is 2.40. The summed E-state index contributed by atoms with van der Waals surface area (Å²) < 4.78 is 0. The third-order valence-corrected chi connectivity index (χ3v) is 11.1. The third kappa shape index (κ3) is 14.6. The van der Waals surface area contributed by atoms with Gasteiger partial charge in [-0.05, 0) is 81.5 Å². The zero-order chi connectivity index (χ0) is 42.5. The van der Waals surface area contributed by atoms with Crippen molar-refractivity contribution in [2.75, 3.05) is 19.6 Å². The smallest absolute Gasteiger partial charge is 0.251 e. The van der Waals surface area contributed by atoms with E-state index in [9.17, 15) is 19.2 Å². The van der Waals surface area contributed by atoms with Gasteiger partial charge in [0, 0.05) is 35.3 Å². The maximum atomic E-state index is 13.8. The number of hydrogen-bond donors (Lipinski definition) is 4. The van der Waals surface area contributed by atoms with E-state index in [-0.39, 0.29) is 36.7 Å². The van der Waals surface area contributed by atoms with Gasteiger partial charge in [0.1, 0.15) is 11.2 Å². The van der Waals surface area contributed by atoms with Crippen LogP contribution < -0.4 is 21.3 Å². The van der Waals surface area contributed by atoms with Crippen LogP contribution in [-0.2, 0) is 16.3 Å². The molecule has 3 aromatic carbocycles. The predicted octanol–water partition coefficient (Wildman–Crippen LogP) is 9.22. The molecule has 2 heterocycles. The second-order valence-corrected chi connectivity index (χ2v) is 16.0. The molecule has 0 unspecified atom stereocenters. The molecular formula is C50H62N4O6. The van der Waals surface area contributed by atoms with Crippen molar-refractivity contribution in [3.8, 4) is 0 Å². The fourth-order valence-electron chi connectivity index (χ4n) is 7.60. The SMILES string of the molecule is CCNC(=O)c1cccc(C(=O)NCC23CCCCCCC(CNC(=O)c4cccc(C(=O)NCc5ccccccc(C)cccccc5)c4)(CCCCCC2)OO3)c1. The Morgan fingerprint density at radius 3 is 1.23 bits per heavy atom. The van der Waals surface area contributed by atoms with Crippen LogP contribution in [0, 0.1) is 6.92 Å². The molecule has 2 saturated heterocycles. The molecule has 10 heteroatoms. The highest BCUT2D eigenvalue weighted by atomic mass is 17.2. The molecule has 4 amide bonds. The van der Waals surface area contributed by atoms with Crippen molar-refractivity contribution in [1.29, 1.82) is 0 Å². The molecule has 2 fully saturated rings. The largest absolute Gasteiger partial charge is 0.352 e. The van der Waals surface area contributed by atoms with Crippen molar-refractivity contribution in [3.05, 3.63) is 155 Å². The second-order valence-electron chi connectivity index (χ2n) is 16.0. The Bertz CT molecular complexity index is 1980. The van der Waals surface area contributed by atoms with Crippen LogP contribution >= 0.6 is 0 Å². The maximum Gasteiger partial charge on any atom is 0.251 e. The van der Waals surface area contributed by atoms with Crippen molar-refractivity contribution < 1.29 is 29.0 Å². The van der Waals surface area contributed by atoms with Gasteiger partial charge in [0.2, 0.25) is 0 Å². The average molecular weight is 815 g/mol. The van der Waals surface area contributed by atoms with E-state index in [4.69, 9.17) is 9.78 Å². The number of carbonyl (C=O) groups is 4. The van der Waals surface area contributed by atoms with Crippen molar-refractivity contribution in [2.24, 2.45) is 0 Å². The van der Waals surface area contributed by atoms with Crippen molar-refractivity contribution in [3.63, 3.8) is 0 Å². The molecule has 5 rings (SSSR count). The lowest BCUT2D eigenvalue weighted by molar-refractivity contribution is -0.417. The summed E-state index contributed by atoms with van der Waals surface area (Å²) in [6.07, 6.45) is 10.7. The molecule has 0 aromatic heterocycles. The molecule has 0 atom stereocenters. The van der Waals surface area contributed by atoms with Crippen molar-refractivity contribution >= 4 is 23.6 Å². The fraction of sp³-hybridized carbons (Fsp3) is 0.400. The van der Waals surface area contributed by atoms with Gasteiger partial charge in [0.05, 0.1) is 13.1 Å². The van der Waals surface area contributed by atoms with Crippen LogP contribution in [0.25, 0.3) is 0 Å². The number of aryl methyl sites for hydroxylation is 1. The molecule has 4 N–H and O–H groups in total. The first-order valence-electron chi connectivity index (χ1n) is 21.6. The summed E-state index contributed by atoms with van der Waals surface area (Å²) in [4.78, 5) is 66.1. The molecule has 10 nitrogen and oxygen atoms in total. The number of nitrogens with one attached hydrogen (secondary N) is 4. The lowest BCUT2D eigenvalue weighted by atomic mass is 9.85. The van der Waals surface area contributed by atoms with Gasteiger partial charge in [-0.3, -0.25) is 19.2 Å². The quantitative estimate of drug-likeness (QED) is 0.143. The van der Waals surface area contributed by atoms with Crippen LogP contribution in [0.3, 0.4) is 0 Å². The number of rotatable bonds is 11. The molecule has 0 radical (unpaired) electrons. The van der Waals surface area contributed by atoms with Crippen LogP contribution in [-0.4, -0.2) is 54.5 Å². The Labute approximate surface area is 355 Å². The van der Waals surface area contributed by atoms with E-state index in [0.29, 0.717) is 48.2 Å². The highest BCUT2D eigenvalue weighted by Crippen LogP contribution is 2.36. The Kier molecular flexibility index (Phi) is 18.1. The van der Waals surface area contributed by atoms with Gasteiger partial charge in [-0.15, -0.1) is 0 Å². The van der Waals surface area contributed by atoms with Crippen LogP contribution in [0.2, 0.25) is 0 Å². The van der Waals surface area contributed by atoms with E-state index in [1.807, 2.05) is 86.6 Å². The molecule has 0 saturated carbocycles. The molecule has 60 heavy (non-hydrogen) atoms. The average Bonchev–Trinajstić information content (AvgIpc) is 3.27. The van der Waals surface area contributed by atoms with Gasteiger partial charge in [-0.25, -0.2) is 9.78 Å². The van der Waals surface area contributed by atoms with Gasteiger partial charge in [0.25, 0.3) is 23.6 Å². The Hall–Kier alpha value is -5.58. The van der Waals surface area contributed by atoms with Crippen LogP contribution in [0.4, 0.5) is 0 Å². The van der Waals surface area contributed by atoms with Crippen LogP contribution in [0.1, 0.15) is 137 Å². The van der Waals surface area contributed by atoms with Crippen molar-refractivity contribution in [1.82, 2.24) is 21.3 Å². The van der Waals surface area contributed by atoms with E-state index < -0.39 is 11.2 Å². The van der Waals surface area contributed by atoms with Crippen LogP contribution in [0.5, 0.6) is 0 Å². The van der Waals surface area contributed by atoms with Gasteiger partial charge in [-0.2, -0.15) is 0 Å². The zero-order valence-electron chi connectivity index (χ0n) is 35.3. The molecule has 2 aliphatic heterocycles. The Morgan fingerprint density at radius 1 is 0.467 bits per heavy atom. The third-order valence-electron chi connectivity index (χ3n) is 11.1. The summed E-state index contributed by atoms with van der Waals surface area (Å²) in [5, 5.41) is 12.0. The minimum Gasteiger partial charge on any atom is -0.352 e. The monoisotopic (exact) mass is 814 g/mol. The Balaban J connectivity index is 1.25. The first kappa shape index (κ1) is 45.5. The zero-order valence-corrected chi connectivity index (χ0v) is 35.3. The summed E-state index contributed by atoms with van der Waals surface area (Å²) >= 11 is 0. The predicted molar refractivity (Wildman–Crippen MR) is 236 cm³/mol. The molecular weight excluding hydrogens is 753 g/mol. The normalized spacial score (nSPS) is 19.2. The number of benzene rings is 2. The summed E-state index contributed by atoms with van der Waals surface area (Å²) in [6, 6.07) is 37.1. The van der Waals surface area contributed by atoms with E-state index in [0.717, 1.165) is 75.3 Å². The lowest BCUT2D eigenvalue weighted by Gasteiger charge is -2.41. The molecule has 3 aromatic rings. The second kappa shape index (κ2) is 23.9. The maximum absolute atomic E-state index is 13.8. The fourth-order valence-corrected chi connectivity index (χ4v) is 7.60. The van der Waals surface area contributed by atoms with E-state index in [1.165, 1.54) is 0 Å². The summed E-state index contributed by atoms with van der Waals surface area (Å²) in [6.45, 7) is 5.19. The number of amides is 4. The number of fused-ring (bicyclic) bond motifs is 3. The molecule has 2 aliphatic rings. The Morgan fingerprint density at radius 2 is 0.833 bits per heavy atom. The van der Waals surface area contributed by atoms with Crippen LogP contribution in [0.15, 0.2) is 121 Å². The molecule has 2 bridgehead atoms. The van der Waals surface area contributed by atoms with Gasteiger partial charge >= 0.3 is 0 Å². The summed E-state index contributed by atoms with van der Waals surface area (Å²) in [7, 11) is 0. The first-order valence-corrected chi connectivity index (χ1v) is 21.6. The van der Waals surface area contributed by atoms with E-state index >= 15 is 0 Å². The summed E-state index contributed by atoms with van der Waals surface area (Å²) in [5.74, 6) is -1.09. The highest BCUT2D eigenvalue weighted by molar-refractivity contribution is 6.00. The minimum absolute atomic E-state index is 0.224. The number of carbonyl (C=O) groups excluding carboxylic acids is 4. The summed E-state index contributed by atoms with van der Waals surface area (Å²) in [5.41, 5.74) is 2.13. The molecule has 318 valence electrons. The minimum atomic E-state index is -0.770. The number of hydrogen-bond acceptors (Lipinski definition) is 6. The molecule has 0 aliphatic carbocycles. The van der Waals surface area contributed by atoms with E-state index in [1.54, 1.807) is 48.5 Å². The van der Waals surface area contributed by atoms with E-state index in [2.05, 4.69) is 21.3 Å². The topological polar surface area (TPSA) is 135 Å². The van der Waals surface area contributed by atoms with Gasteiger partial charge in [0.15, 0.2) is 0 Å². The van der Waals surface area contributed by atoms with Gasteiger partial charge in [-0.1, -0.05) is 142 Å². The molecule has 0 spiro atoms. The lowest BCUT2D eigenvalue weighted by Crippen LogP contribution is -2.51.